The molecule has 1 atom stereocenters. The Bertz CT molecular complexity index is 623. The number of hydrogen-bond donors (Lipinski definition) is 1. The van der Waals surface area contributed by atoms with E-state index in [0.29, 0.717) is 0 Å². The fourth-order valence-electron chi connectivity index (χ4n) is 5.54. The van der Waals surface area contributed by atoms with Crippen molar-refractivity contribution in [3.05, 3.63) is 22.4 Å². The Hall–Kier alpha value is -1.01. The number of rotatable bonds is 7. The van der Waals surface area contributed by atoms with Gasteiger partial charge in [-0.3, -0.25) is 9.59 Å². The summed E-state index contributed by atoms with van der Waals surface area (Å²) in [5.74, 6) is 3.02. The van der Waals surface area contributed by atoms with E-state index in [0.717, 1.165) is 42.8 Å². The zero-order chi connectivity index (χ0) is 18.1. The summed E-state index contributed by atoms with van der Waals surface area (Å²) in [5.41, 5.74) is -0.0274. The maximum atomic E-state index is 12.6. The second-order valence-corrected chi connectivity index (χ2v) is 10.4. The molecule has 1 amide bonds. The summed E-state index contributed by atoms with van der Waals surface area (Å²) >= 11 is 3.22. The fraction of sp³-hybridized carbons (Fsp3) is 0.700. The molecule has 0 saturated heterocycles. The van der Waals surface area contributed by atoms with Gasteiger partial charge in [0.05, 0.1) is 5.75 Å². The highest BCUT2D eigenvalue weighted by Gasteiger charge is 2.51. The number of carbonyl (C=O) groups is 2. The van der Waals surface area contributed by atoms with Gasteiger partial charge in [0.2, 0.25) is 0 Å². The zero-order valence-electron chi connectivity index (χ0n) is 15.2. The summed E-state index contributed by atoms with van der Waals surface area (Å²) in [6.07, 6.45) is 6.67. The molecule has 5 rings (SSSR count). The fourth-order valence-corrected chi connectivity index (χ4v) is 7.19. The molecule has 4 nitrogen and oxygen atoms in total. The quantitative estimate of drug-likeness (QED) is 0.712. The smallest absolute Gasteiger partial charge is 0.316 e. The van der Waals surface area contributed by atoms with Crippen molar-refractivity contribution >= 4 is 35.0 Å². The van der Waals surface area contributed by atoms with Crippen LogP contribution >= 0.6 is 23.1 Å². The summed E-state index contributed by atoms with van der Waals surface area (Å²) in [4.78, 5) is 25.9. The second-order valence-electron chi connectivity index (χ2n) is 8.39. The van der Waals surface area contributed by atoms with Crippen LogP contribution in [-0.2, 0) is 20.1 Å². The molecule has 142 valence electrons. The Kier molecular flexibility index (Phi) is 5.33. The van der Waals surface area contributed by atoms with Crippen molar-refractivity contribution in [3.8, 4) is 0 Å². The topological polar surface area (TPSA) is 55.4 Å². The van der Waals surface area contributed by atoms with Gasteiger partial charge in [0.25, 0.3) is 5.91 Å². The molecule has 0 aromatic carbocycles. The minimum absolute atomic E-state index is 0.0274. The lowest BCUT2D eigenvalue weighted by molar-refractivity contribution is -0.154. The summed E-state index contributed by atoms with van der Waals surface area (Å²) in [6.45, 7) is 1.69. The number of thioether (sulfide) groups is 1. The number of esters is 1. The Balaban J connectivity index is 1.23. The summed E-state index contributed by atoms with van der Waals surface area (Å²) < 4.78 is 5.38. The van der Waals surface area contributed by atoms with Crippen LogP contribution in [0.15, 0.2) is 17.5 Å². The highest BCUT2D eigenvalue weighted by atomic mass is 32.2. The van der Waals surface area contributed by atoms with Crippen molar-refractivity contribution in [2.75, 3.05) is 5.75 Å². The van der Waals surface area contributed by atoms with Crippen LogP contribution in [0.5, 0.6) is 0 Å². The van der Waals surface area contributed by atoms with E-state index in [9.17, 15) is 9.59 Å². The van der Waals surface area contributed by atoms with Gasteiger partial charge in [-0.15, -0.1) is 23.1 Å². The first-order chi connectivity index (χ1) is 12.5. The van der Waals surface area contributed by atoms with Crippen LogP contribution in [0, 0.1) is 17.8 Å². The van der Waals surface area contributed by atoms with Crippen LogP contribution in [0.25, 0.3) is 0 Å². The Labute approximate surface area is 163 Å². The number of hydrogen-bond acceptors (Lipinski definition) is 5. The van der Waals surface area contributed by atoms with E-state index in [1.54, 1.807) is 18.3 Å². The van der Waals surface area contributed by atoms with Crippen molar-refractivity contribution in [1.82, 2.24) is 5.32 Å². The highest BCUT2D eigenvalue weighted by Crippen LogP contribution is 2.55. The maximum absolute atomic E-state index is 12.6. The molecule has 0 radical (unpaired) electrons. The lowest BCUT2D eigenvalue weighted by Crippen LogP contribution is -2.61. The van der Waals surface area contributed by atoms with Gasteiger partial charge >= 0.3 is 5.97 Å². The molecule has 4 aliphatic rings. The minimum Gasteiger partial charge on any atom is -0.452 e. The van der Waals surface area contributed by atoms with E-state index in [1.807, 2.05) is 11.4 Å². The summed E-state index contributed by atoms with van der Waals surface area (Å²) in [5, 5.41) is 5.32. The molecule has 1 aromatic heterocycles. The van der Waals surface area contributed by atoms with Gasteiger partial charge in [-0.25, -0.2) is 0 Å². The van der Waals surface area contributed by atoms with E-state index < -0.39 is 6.10 Å². The predicted molar refractivity (Wildman–Crippen MR) is 105 cm³/mol. The third-order valence-electron chi connectivity index (χ3n) is 6.15. The number of carbonyl (C=O) groups excluding carboxylic acids is 2. The van der Waals surface area contributed by atoms with Crippen molar-refractivity contribution in [2.45, 2.75) is 62.8 Å². The molecule has 4 saturated carbocycles. The first-order valence-corrected chi connectivity index (χ1v) is 11.7. The lowest BCUT2D eigenvalue weighted by atomic mass is 9.53. The van der Waals surface area contributed by atoms with E-state index in [4.69, 9.17) is 4.74 Å². The lowest BCUT2D eigenvalue weighted by Gasteiger charge is -2.57. The minimum atomic E-state index is -0.710. The molecule has 1 aromatic rings. The van der Waals surface area contributed by atoms with Crippen LogP contribution < -0.4 is 5.32 Å². The Morgan fingerprint density at radius 1 is 1.27 bits per heavy atom. The van der Waals surface area contributed by atoms with Crippen LogP contribution in [-0.4, -0.2) is 29.3 Å². The molecule has 26 heavy (non-hydrogen) atoms. The second kappa shape index (κ2) is 7.55. The molecule has 0 aliphatic heterocycles. The van der Waals surface area contributed by atoms with Gasteiger partial charge in [-0.2, -0.15) is 0 Å². The largest absolute Gasteiger partial charge is 0.452 e. The van der Waals surface area contributed by atoms with Gasteiger partial charge in [-0.1, -0.05) is 6.07 Å². The van der Waals surface area contributed by atoms with E-state index in [-0.39, 0.29) is 23.2 Å². The van der Waals surface area contributed by atoms with Gasteiger partial charge in [-0.05, 0) is 74.6 Å². The maximum Gasteiger partial charge on any atom is 0.316 e. The molecule has 1 heterocycles. The molecular weight excluding hydrogens is 366 g/mol. The van der Waals surface area contributed by atoms with Crippen LogP contribution in [0.1, 0.15) is 50.3 Å². The molecule has 4 fully saturated rings. The van der Waals surface area contributed by atoms with Crippen molar-refractivity contribution in [1.29, 1.82) is 0 Å². The van der Waals surface area contributed by atoms with E-state index >= 15 is 0 Å². The number of amides is 1. The van der Waals surface area contributed by atoms with Crippen molar-refractivity contribution in [3.63, 3.8) is 0 Å². The van der Waals surface area contributed by atoms with Gasteiger partial charge < -0.3 is 10.1 Å². The third-order valence-corrected chi connectivity index (χ3v) is 8.16. The molecule has 0 unspecified atom stereocenters. The van der Waals surface area contributed by atoms with Crippen LogP contribution in [0.4, 0.5) is 0 Å². The summed E-state index contributed by atoms with van der Waals surface area (Å²) in [6, 6.07) is 4.07. The average molecular weight is 394 g/mol. The molecule has 1 N–H and O–H groups in total. The SMILES string of the molecule is C[C@@H](OC(=O)CSCc1cccs1)C(=O)NC12CC3CC(CC(C3)C1)C2. The number of ether oxygens (including phenoxy) is 1. The van der Waals surface area contributed by atoms with Crippen LogP contribution in [0.3, 0.4) is 0 Å². The highest BCUT2D eigenvalue weighted by molar-refractivity contribution is 7.99. The van der Waals surface area contributed by atoms with Crippen molar-refractivity contribution < 1.29 is 14.3 Å². The molecule has 4 aliphatic carbocycles. The standard InChI is InChI=1S/C20H27NO3S2/c1-13(24-18(22)12-25-11-17-3-2-4-26-17)19(23)21-20-8-14-5-15(9-20)7-16(6-14)10-20/h2-4,13-16H,5-12H2,1H3,(H,21,23)/t13-,14?,15?,16?,20?/m1/s1. The molecule has 0 spiro atoms. The van der Waals surface area contributed by atoms with E-state index in [2.05, 4.69) is 11.4 Å². The molecular formula is C20H27NO3S2. The monoisotopic (exact) mass is 393 g/mol. The molecule has 4 bridgehead atoms. The van der Waals surface area contributed by atoms with E-state index in [1.165, 1.54) is 35.9 Å². The zero-order valence-corrected chi connectivity index (χ0v) is 16.9. The average Bonchev–Trinajstić information content (AvgIpc) is 3.06. The Morgan fingerprint density at radius 3 is 2.50 bits per heavy atom. The first-order valence-electron chi connectivity index (χ1n) is 9.63. The predicted octanol–water partition coefficient (Wildman–Crippen LogP) is 4.00. The number of thiophene rings is 1. The van der Waals surface area contributed by atoms with Gasteiger partial charge in [0.1, 0.15) is 0 Å². The summed E-state index contributed by atoms with van der Waals surface area (Å²) in [7, 11) is 0. The molecule has 6 heteroatoms. The van der Waals surface area contributed by atoms with Crippen LogP contribution in [0.2, 0.25) is 0 Å². The van der Waals surface area contributed by atoms with Gasteiger partial charge in [0, 0.05) is 16.2 Å². The normalized spacial score (nSPS) is 33.0. The first kappa shape index (κ1) is 18.4. The third kappa shape index (κ3) is 4.11. The number of nitrogens with one attached hydrogen (secondary N) is 1. The van der Waals surface area contributed by atoms with Gasteiger partial charge in [0.15, 0.2) is 6.10 Å². The van der Waals surface area contributed by atoms with Crippen molar-refractivity contribution in [2.24, 2.45) is 17.8 Å². The Morgan fingerprint density at radius 2 is 1.92 bits per heavy atom.